The van der Waals surface area contributed by atoms with Gasteiger partial charge in [-0.15, -0.1) is 6.58 Å². The highest BCUT2D eigenvalue weighted by Gasteiger charge is 2.80. The van der Waals surface area contributed by atoms with E-state index in [0.717, 1.165) is 0 Å². The number of rotatable bonds is 9. The first-order valence-electron chi connectivity index (χ1n) is 11.3. The summed E-state index contributed by atoms with van der Waals surface area (Å²) in [6.45, 7) is 13.9. The highest BCUT2D eigenvalue weighted by molar-refractivity contribution is 5.98. The molecular weight excluding hydrogens is 400 g/mol. The van der Waals surface area contributed by atoms with Crippen molar-refractivity contribution in [2.75, 3.05) is 26.3 Å². The fourth-order valence-electron chi connectivity index (χ4n) is 5.94. The van der Waals surface area contributed by atoms with E-state index < -0.39 is 35.0 Å². The van der Waals surface area contributed by atoms with Crippen LogP contribution in [-0.2, 0) is 23.9 Å². The molecule has 8 heteroatoms. The molecule has 8 nitrogen and oxygen atoms in total. The Hall–Kier alpha value is -1.93. The highest BCUT2D eigenvalue weighted by atomic mass is 16.6. The summed E-state index contributed by atoms with van der Waals surface area (Å²) in [5.74, 6) is -2.46. The van der Waals surface area contributed by atoms with Gasteiger partial charge in [-0.1, -0.05) is 13.0 Å². The average molecular weight is 437 g/mol. The maximum Gasteiger partial charge on any atom is 0.312 e. The predicted octanol–water partition coefficient (Wildman–Crippen LogP) is 1.37. The Morgan fingerprint density at radius 1 is 1.45 bits per heavy atom. The summed E-state index contributed by atoms with van der Waals surface area (Å²) in [7, 11) is 0. The molecule has 174 valence electrons. The van der Waals surface area contributed by atoms with Crippen LogP contribution in [0.5, 0.6) is 0 Å². The van der Waals surface area contributed by atoms with E-state index in [1.165, 1.54) is 4.90 Å². The molecule has 3 unspecified atom stereocenters. The molecule has 31 heavy (non-hydrogen) atoms. The molecule has 2 amide bonds. The van der Waals surface area contributed by atoms with Gasteiger partial charge in [0.2, 0.25) is 11.8 Å². The molecule has 1 N–H and O–H groups in total. The number of esters is 1. The van der Waals surface area contributed by atoms with Crippen LogP contribution < -0.4 is 0 Å². The molecule has 2 bridgehead atoms. The number of carbonyl (C=O) groups is 3. The summed E-state index contributed by atoms with van der Waals surface area (Å²) >= 11 is 0. The molecule has 0 aromatic heterocycles. The van der Waals surface area contributed by atoms with Crippen molar-refractivity contribution in [3.05, 3.63) is 12.7 Å². The van der Waals surface area contributed by atoms with E-state index >= 15 is 0 Å². The maximum absolute atomic E-state index is 13.9. The molecule has 0 radical (unpaired) electrons. The van der Waals surface area contributed by atoms with Gasteiger partial charge in [0, 0.05) is 25.7 Å². The molecule has 0 aromatic carbocycles. The second kappa shape index (κ2) is 8.54. The molecule has 3 fully saturated rings. The van der Waals surface area contributed by atoms with E-state index in [-0.39, 0.29) is 43.5 Å². The number of carbonyl (C=O) groups excluding carboxylic acids is 3. The third-order valence-electron chi connectivity index (χ3n) is 7.38. The Balaban J connectivity index is 2.11. The molecule has 0 aliphatic carbocycles. The van der Waals surface area contributed by atoms with Gasteiger partial charge >= 0.3 is 5.97 Å². The minimum absolute atomic E-state index is 0.0223. The summed E-state index contributed by atoms with van der Waals surface area (Å²) in [5, 5.41) is 9.39. The fourth-order valence-corrected chi connectivity index (χ4v) is 5.94. The molecule has 6 atom stereocenters. The minimum Gasteiger partial charge on any atom is -0.466 e. The van der Waals surface area contributed by atoms with Crippen molar-refractivity contribution in [3.8, 4) is 0 Å². The van der Waals surface area contributed by atoms with Crippen molar-refractivity contribution >= 4 is 17.8 Å². The predicted molar refractivity (Wildman–Crippen MR) is 114 cm³/mol. The molecule has 3 aliphatic rings. The van der Waals surface area contributed by atoms with Gasteiger partial charge in [-0.05, 0) is 46.5 Å². The smallest absolute Gasteiger partial charge is 0.312 e. The molecule has 1 spiro atoms. The lowest BCUT2D eigenvalue weighted by atomic mass is 9.62. The molecule has 3 heterocycles. The first kappa shape index (κ1) is 23.7. The first-order chi connectivity index (χ1) is 14.6. The summed E-state index contributed by atoms with van der Waals surface area (Å²) in [6, 6.07) is -0.939. The van der Waals surface area contributed by atoms with Crippen LogP contribution in [0, 0.1) is 17.8 Å². The quantitative estimate of drug-likeness (QED) is 0.433. The summed E-state index contributed by atoms with van der Waals surface area (Å²) < 4.78 is 11.9. The number of amides is 2. The van der Waals surface area contributed by atoms with E-state index in [4.69, 9.17) is 9.47 Å². The molecule has 3 aliphatic heterocycles. The third-order valence-corrected chi connectivity index (χ3v) is 7.38. The highest BCUT2D eigenvalue weighted by Crippen LogP contribution is 2.65. The Kier molecular flexibility index (Phi) is 6.54. The molecule has 0 saturated carbocycles. The van der Waals surface area contributed by atoms with Crippen molar-refractivity contribution in [2.24, 2.45) is 17.8 Å². The van der Waals surface area contributed by atoms with Gasteiger partial charge in [0.25, 0.3) is 0 Å². The summed E-state index contributed by atoms with van der Waals surface area (Å²) in [5.41, 5.74) is -1.95. The molecule has 0 aromatic rings. The standard InChI is InChI=1S/C23H36N2O6/c1-7-10-24(14(3)4)20(28)18-23-13-15(5)22(6,31-23)17(21(29)30-8-2)16(23)19(27)25(18)11-9-12-26/h7,14-18,26H,1,8-13H2,2-6H3/t15?,16-,17-,18?,22+,23?/m0/s1. The van der Waals surface area contributed by atoms with Crippen LogP contribution in [0.25, 0.3) is 0 Å². The second-order valence-electron chi connectivity index (χ2n) is 9.44. The largest absolute Gasteiger partial charge is 0.466 e. The van der Waals surface area contributed by atoms with E-state index in [1.54, 1.807) is 17.9 Å². The maximum atomic E-state index is 13.9. The number of aliphatic hydroxyl groups excluding tert-OH is 1. The summed E-state index contributed by atoms with van der Waals surface area (Å²) in [4.78, 5) is 43.8. The number of fused-ring (bicyclic) bond motifs is 1. The third kappa shape index (κ3) is 3.39. The number of hydrogen-bond acceptors (Lipinski definition) is 6. The van der Waals surface area contributed by atoms with Gasteiger partial charge < -0.3 is 24.4 Å². The van der Waals surface area contributed by atoms with Crippen molar-refractivity contribution in [3.63, 3.8) is 0 Å². The van der Waals surface area contributed by atoms with Crippen molar-refractivity contribution < 1.29 is 29.0 Å². The number of hydrogen-bond donors (Lipinski definition) is 1. The lowest BCUT2D eigenvalue weighted by Crippen LogP contribution is -2.57. The van der Waals surface area contributed by atoms with Crippen LogP contribution in [0.4, 0.5) is 0 Å². The van der Waals surface area contributed by atoms with Crippen LogP contribution in [0.15, 0.2) is 12.7 Å². The number of nitrogens with zero attached hydrogens (tertiary/aromatic N) is 2. The molecular formula is C23H36N2O6. The fraction of sp³-hybridized carbons (Fsp3) is 0.783. The van der Waals surface area contributed by atoms with E-state index in [2.05, 4.69) is 6.58 Å². The van der Waals surface area contributed by atoms with Crippen LogP contribution in [-0.4, -0.2) is 82.3 Å². The van der Waals surface area contributed by atoms with Crippen LogP contribution in [0.3, 0.4) is 0 Å². The van der Waals surface area contributed by atoms with Crippen molar-refractivity contribution in [2.45, 2.75) is 70.7 Å². The topological polar surface area (TPSA) is 96.4 Å². The van der Waals surface area contributed by atoms with Crippen LogP contribution in [0.1, 0.15) is 47.5 Å². The lowest BCUT2D eigenvalue weighted by Gasteiger charge is -2.38. The number of likely N-dealkylation sites (tertiary alicyclic amines) is 1. The van der Waals surface area contributed by atoms with Crippen molar-refractivity contribution in [1.82, 2.24) is 9.80 Å². The first-order valence-corrected chi connectivity index (χ1v) is 11.3. The van der Waals surface area contributed by atoms with Crippen LogP contribution >= 0.6 is 0 Å². The lowest BCUT2D eigenvalue weighted by molar-refractivity contribution is -0.162. The van der Waals surface area contributed by atoms with Gasteiger partial charge in [-0.2, -0.15) is 0 Å². The zero-order valence-electron chi connectivity index (χ0n) is 19.3. The van der Waals surface area contributed by atoms with E-state index in [1.807, 2.05) is 27.7 Å². The monoisotopic (exact) mass is 436 g/mol. The zero-order chi connectivity index (χ0) is 23.1. The molecule has 3 saturated heterocycles. The average Bonchev–Trinajstić information content (AvgIpc) is 3.21. The van der Waals surface area contributed by atoms with Gasteiger partial charge in [0.05, 0.1) is 18.1 Å². The van der Waals surface area contributed by atoms with Gasteiger partial charge in [0.15, 0.2) is 0 Å². The van der Waals surface area contributed by atoms with Crippen LogP contribution in [0.2, 0.25) is 0 Å². The SMILES string of the molecule is C=CCN(C(=O)C1N(CCCO)C(=O)[C@@H]2[C@@H](C(=O)OCC)[C@]3(C)OC12CC3C)C(C)C. The van der Waals surface area contributed by atoms with E-state index in [9.17, 15) is 19.5 Å². The normalized spacial score (nSPS) is 36.1. The van der Waals surface area contributed by atoms with Gasteiger partial charge in [-0.25, -0.2) is 0 Å². The summed E-state index contributed by atoms with van der Waals surface area (Å²) in [6.07, 6.45) is 2.53. The Labute approximate surface area is 184 Å². The Morgan fingerprint density at radius 2 is 2.13 bits per heavy atom. The van der Waals surface area contributed by atoms with Gasteiger partial charge in [0.1, 0.15) is 17.6 Å². The van der Waals surface area contributed by atoms with Gasteiger partial charge in [-0.3, -0.25) is 14.4 Å². The molecule has 3 rings (SSSR count). The minimum atomic E-state index is -1.08. The number of aliphatic hydroxyl groups is 1. The Morgan fingerprint density at radius 3 is 2.68 bits per heavy atom. The zero-order valence-corrected chi connectivity index (χ0v) is 19.3. The van der Waals surface area contributed by atoms with Crippen molar-refractivity contribution in [1.29, 1.82) is 0 Å². The second-order valence-corrected chi connectivity index (χ2v) is 9.44. The van der Waals surface area contributed by atoms with E-state index in [0.29, 0.717) is 19.4 Å². The number of ether oxygens (including phenoxy) is 2. The Bertz CT molecular complexity index is 754.